The largest absolute Gasteiger partial charge is 0.464 e. The number of aryl methyl sites for hydroxylation is 1. The van der Waals surface area contributed by atoms with E-state index in [0.717, 1.165) is 22.3 Å². The number of hydrogen-bond acceptors (Lipinski definition) is 4. The number of carbonyl (C=O) groups is 1. The molecule has 3 aromatic rings. The van der Waals surface area contributed by atoms with E-state index in [4.69, 9.17) is 4.42 Å². The van der Waals surface area contributed by atoms with Crippen molar-refractivity contribution in [3.8, 4) is 11.3 Å². The Bertz CT molecular complexity index is 1200. The summed E-state index contributed by atoms with van der Waals surface area (Å²) in [6.07, 6.45) is 1.90. The highest BCUT2D eigenvalue weighted by Gasteiger charge is 2.51. The van der Waals surface area contributed by atoms with Gasteiger partial charge in [0.25, 0.3) is 0 Å². The van der Waals surface area contributed by atoms with Crippen LogP contribution in [0.25, 0.3) is 11.3 Å². The maximum atomic E-state index is 13.1. The Labute approximate surface area is 169 Å². The summed E-state index contributed by atoms with van der Waals surface area (Å²) in [6, 6.07) is 16.8. The lowest BCUT2D eigenvalue weighted by Crippen LogP contribution is -2.33. The van der Waals surface area contributed by atoms with Crippen LogP contribution in [0.4, 0.5) is 0 Å². The Balaban J connectivity index is 1.44. The summed E-state index contributed by atoms with van der Waals surface area (Å²) in [4.78, 5) is 15.0. The second kappa shape index (κ2) is 6.59. The average Bonchev–Trinajstić information content (AvgIpc) is 3.42. The normalized spacial score (nSPS) is 21.8. The summed E-state index contributed by atoms with van der Waals surface area (Å²) in [5.74, 6) is 0.498. The van der Waals surface area contributed by atoms with Crippen molar-refractivity contribution in [1.82, 2.24) is 4.90 Å². The van der Waals surface area contributed by atoms with Crippen molar-refractivity contribution in [2.45, 2.75) is 29.4 Å². The molecule has 6 heteroatoms. The zero-order chi connectivity index (χ0) is 20.2. The summed E-state index contributed by atoms with van der Waals surface area (Å²) in [6.45, 7) is 2.67. The van der Waals surface area contributed by atoms with Crippen LogP contribution >= 0.6 is 0 Å². The molecule has 0 saturated carbocycles. The maximum Gasteiger partial charge on any atom is 0.227 e. The zero-order valence-corrected chi connectivity index (χ0v) is 16.9. The molecular weight excluding hydrogens is 386 g/mol. The number of rotatable bonds is 3. The van der Waals surface area contributed by atoms with Gasteiger partial charge < -0.3 is 9.32 Å². The van der Waals surface area contributed by atoms with Gasteiger partial charge in [0, 0.05) is 24.6 Å². The smallest absolute Gasteiger partial charge is 0.227 e. The first-order valence-corrected chi connectivity index (χ1v) is 11.2. The molecule has 3 heterocycles. The van der Waals surface area contributed by atoms with Crippen LogP contribution in [0.2, 0.25) is 0 Å². The Morgan fingerprint density at radius 3 is 2.69 bits per heavy atom. The Kier molecular flexibility index (Phi) is 4.13. The van der Waals surface area contributed by atoms with E-state index in [2.05, 4.69) is 0 Å². The molecule has 29 heavy (non-hydrogen) atoms. The van der Waals surface area contributed by atoms with Crippen LogP contribution < -0.4 is 0 Å². The van der Waals surface area contributed by atoms with Crippen LogP contribution in [0, 0.1) is 6.92 Å². The average molecular weight is 407 g/mol. The van der Waals surface area contributed by atoms with Crippen LogP contribution in [-0.4, -0.2) is 37.6 Å². The number of sulfone groups is 1. The fraction of sp³-hybridized carbons (Fsp3) is 0.261. The minimum Gasteiger partial charge on any atom is -0.464 e. The number of amides is 1. The molecule has 1 saturated heterocycles. The number of hydrogen-bond donors (Lipinski definition) is 0. The molecular formula is C23H21NO4S. The second-order valence-electron chi connectivity index (χ2n) is 7.82. The number of likely N-dealkylation sites (tertiary alicyclic amines) is 1. The van der Waals surface area contributed by atoms with Gasteiger partial charge in [-0.25, -0.2) is 8.42 Å². The standard InChI is InChI=1S/C23H21NO4S/c1-15-5-2-3-6-16(15)12-23(25)24-13-19-18-11-17(20-7-4-10-28-20)8-9-21(18)29(26,27)22(19)14-24/h2-11,19,22H,12-14H2,1H3. The van der Waals surface area contributed by atoms with Crippen molar-refractivity contribution in [1.29, 1.82) is 0 Å². The second-order valence-corrected chi connectivity index (χ2v) is 9.96. The van der Waals surface area contributed by atoms with E-state index >= 15 is 0 Å². The van der Waals surface area contributed by atoms with E-state index in [9.17, 15) is 13.2 Å². The molecule has 1 fully saturated rings. The number of nitrogens with zero attached hydrogens (tertiary/aromatic N) is 1. The quantitative estimate of drug-likeness (QED) is 0.666. The topological polar surface area (TPSA) is 67.6 Å². The SMILES string of the molecule is Cc1ccccc1CC(=O)N1CC2c3cc(-c4ccco4)ccc3S(=O)(=O)C2C1. The lowest BCUT2D eigenvalue weighted by atomic mass is 9.96. The molecule has 148 valence electrons. The van der Waals surface area contributed by atoms with Gasteiger partial charge in [0.1, 0.15) is 5.76 Å². The summed E-state index contributed by atoms with van der Waals surface area (Å²) < 4.78 is 31.6. The van der Waals surface area contributed by atoms with Crippen molar-refractivity contribution in [2.24, 2.45) is 0 Å². The molecule has 2 aliphatic heterocycles. The van der Waals surface area contributed by atoms with Crippen molar-refractivity contribution >= 4 is 15.7 Å². The van der Waals surface area contributed by atoms with E-state index in [1.54, 1.807) is 23.3 Å². The van der Waals surface area contributed by atoms with Crippen molar-refractivity contribution in [2.75, 3.05) is 13.1 Å². The Hall–Kier alpha value is -2.86. The van der Waals surface area contributed by atoms with Crippen LogP contribution in [0.1, 0.15) is 22.6 Å². The number of carbonyl (C=O) groups excluding carboxylic acids is 1. The van der Waals surface area contributed by atoms with Gasteiger partial charge in [-0.15, -0.1) is 0 Å². The van der Waals surface area contributed by atoms with Crippen LogP contribution in [-0.2, 0) is 21.1 Å². The molecule has 0 N–H and O–H groups in total. The molecule has 2 aromatic carbocycles. The van der Waals surface area contributed by atoms with E-state index in [1.165, 1.54) is 0 Å². The molecule has 2 unspecified atom stereocenters. The van der Waals surface area contributed by atoms with Gasteiger partial charge in [0.05, 0.1) is 22.8 Å². The first-order valence-electron chi connectivity index (χ1n) is 9.69. The van der Waals surface area contributed by atoms with Gasteiger partial charge in [-0.3, -0.25) is 4.79 Å². The third kappa shape index (κ3) is 2.90. The molecule has 5 nitrogen and oxygen atoms in total. The van der Waals surface area contributed by atoms with Crippen molar-refractivity contribution in [3.63, 3.8) is 0 Å². The van der Waals surface area contributed by atoms with Gasteiger partial charge in [0.15, 0.2) is 9.84 Å². The third-order valence-electron chi connectivity index (χ3n) is 6.14. The van der Waals surface area contributed by atoms with Gasteiger partial charge >= 0.3 is 0 Å². The van der Waals surface area contributed by atoms with Gasteiger partial charge in [-0.05, 0) is 53.9 Å². The first-order chi connectivity index (χ1) is 13.9. The fourth-order valence-corrected chi connectivity index (χ4v) is 6.69. The molecule has 2 atom stereocenters. The fourth-order valence-electron chi connectivity index (χ4n) is 4.53. The molecule has 0 spiro atoms. The summed E-state index contributed by atoms with van der Waals surface area (Å²) >= 11 is 0. The first kappa shape index (κ1) is 18.2. The summed E-state index contributed by atoms with van der Waals surface area (Å²) in [5, 5.41) is -0.565. The lowest BCUT2D eigenvalue weighted by molar-refractivity contribution is -0.129. The lowest BCUT2D eigenvalue weighted by Gasteiger charge is -2.18. The minimum atomic E-state index is -3.44. The molecule has 0 aliphatic carbocycles. The summed E-state index contributed by atoms with van der Waals surface area (Å²) in [7, 11) is -3.44. The van der Waals surface area contributed by atoms with E-state index in [1.807, 2.05) is 49.4 Å². The molecule has 1 amide bonds. The highest BCUT2D eigenvalue weighted by Crippen LogP contribution is 2.46. The predicted octanol–water partition coefficient (Wildman–Crippen LogP) is 3.58. The van der Waals surface area contributed by atoms with Gasteiger partial charge in [-0.1, -0.05) is 24.3 Å². The molecule has 5 rings (SSSR count). The molecule has 1 aromatic heterocycles. The third-order valence-corrected chi connectivity index (χ3v) is 8.40. The van der Waals surface area contributed by atoms with Crippen LogP contribution in [0.15, 0.2) is 70.2 Å². The zero-order valence-electron chi connectivity index (χ0n) is 16.0. The highest BCUT2D eigenvalue weighted by atomic mass is 32.2. The summed E-state index contributed by atoms with van der Waals surface area (Å²) in [5.41, 5.74) is 3.71. The number of benzene rings is 2. The molecule has 0 bridgehead atoms. The monoisotopic (exact) mass is 407 g/mol. The minimum absolute atomic E-state index is 0.0207. The van der Waals surface area contributed by atoms with Gasteiger partial charge in [-0.2, -0.15) is 0 Å². The Morgan fingerprint density at radius 1 is 1.10 bits per heavy atom. The van der Waals surface area contributed by atoms with Crippen molar-refractivity contribution < 1.29 is 17.6 Å². The van der Waals surface area contributed by atoms with Crippen LogP contribution in [0.5, 0.6) is 0 Å². The van der Waals surface area contributed by atoms with E-state index in [-0.39, 0.29) is 18.4 Å². The number of furan rings is 1. The van der Waals surface area contributed by atoms with E-state index < -0.39 is 15.1 Å². The van der Waals surface area contributed by atoms with Gasteiger partial charge in [0.2, 0.25) is 5.91 Å². The molecule has 0 radical (unpaired) electrons. The van der Waals surface area contributed by atoms with Crippen molar-refractivity contribution in [3.05, 3.63) is 77.6 Å². The van der Waals surface area contributed by atoms with E-state index in [0.29, 0.717) is 23.6 Å². The maximum absolute atomic E-state index is 13.1. The predicted molar refractivity (Wildman–Crippen MR) is 109 cm³/mol. The molecule has 2 aliphatic rings. The van der Waals surface area contributed by atoms with Crippen LogP contribution in [0.3, 0.4) is 0 Å². The highest BCUT2D eigenvalue weighted by molar-refractivity contribution is 7.92. The Morgan fingerprint density at radius 2 is 1.93 bits per heavy atom. The number of fused-ring (bicyclic) bond motifs is 3.